The molecule has 1 aromatic heterocycles. The topological polar surface area (TPSA) is 51.3 Å². The number of halogens is 1. The van der Waals surface area contributed by atoms with Gasteiger partial charge in [0, 0.05) is 46.5 Å². The van der Waals surface area contributed by atoms with Gasteiger partial charge in [0.25, 0.3) is 0 Å². The minimum Gasteiger partial charge on any atom is -0.396 e. The smallest absolute Gasteiger partial charge is 0.0894 e. The molecule has 8 rings (SSSR count). The first-order valence-corrected chi connectivity index (χ1v) is 13.9. The predicted octanol–water partition coefficient (Wildman–Crippen LogP) is 6.36. The maximum atomic E-state index is 12.5. The van der Waals surface area contributed by atoms with Gasteiger partial charge in [0.05, 0.1) is 12.7 Å². The summed E-state index contributed by atoms with van der Waals surface area (Å²) in [6.07, 6.45) is 8.48. The minimum absolute atomic E-state index is 0.184. The summed E-state index contributed by atoms with van der Waals surface area (Å²) in [4.78, 5) is 6.63. The van der Waals surface area contributed by atoms with Crippen LogP contribution in [0.3, 0.4) is 0 Å². The molecule has 3 aromatic rings. The van der Waals surface area contributed by atoms with Crippen molar-refractivity contribution in [3.63, 3.8) is 0 Å². The number of hydrogen-bond acceptors (Lipinski definition) is 3. The van der Waals surface area contributed by atoms with Crippen LogP contribution in [0.4, 0.5) is 10.1 Å². The number of fused-ring (bicyclic) bond motifs is 3. The third kappa shape index (κ3) is 3.39. The number of aliphatic hydroxyl groups is 1. The van der Waals surface area contributed by atoms with Gasteiger partial charge in [0.2, 0.25) is 0 Å². The number of aromatic amines is 1. The van der Waals surface area contributed by atoms with Crippen molar-refractivity contribution in [2.24, 2.45) is 11.3 Å². The highest BCUT2D eigenvalue weighted by Crippen LogP contribution is 2.71. The Balaban J connectivity index is 1.18. The van der Waals surface area contributed by atoms with E-state index in [2.05, 4.69) is 70.7 Å². The molecule has 0 saturated heterocycles. The number of aromatic nitrogens is 1. The summed E-state index contributed by atoms with van der Waals surface area (Å²) >= 11 is 0. The molecule has 5 heteroatoms. The number of H-pyrrole nitrogens is 1. The van der Waals surface area contributed by atoms with Gasteiger partial charge in [-0.15, -0.1) is 0 Å². The number of hydrogen-bond donors (Lipinski definition) is 3. The fraction of sp³-hybridized carbons (Fsp3) is 0.548. The average molecular weight is 488 g/mol. The van der Waals surface area contributed by atoms with Crippen molar-refractivity contribution in [2.75, 3.05) is 18.6 Å². The van der Waals surface area contributed by atoms with Crippen LogP contribution in [0.25, 0.3) is 10.9 Å². The summed E-state index contributed by atoms with van der Waals surface area (Å²) < 4.78 is 12.5. The van der Waals surface area contributed by atoms with Gasteiger partial charge in [-0.3, -0.25) is 9.29 Å². The third-order valence-corrected chi connectivity index (χ3v) is 9.95. The number of aliphatic hydroxyl groups excluding tert-OH is 1. The monoisotopic (exact) mass is 487 g/mol. The molecule has 2 aromatic carbocycles. The first-order valence-electron chi connectivity index (χ1n) is 13.9. The van der Waals surface area contributed by atoms with Crippen LogP contribution in [0.1, 0.15) is 74.7 Å². The van der Waals surface area contributed by atoms with Crippen molar-refractivity contribution in [1.82, 2.24) is 9.88 Å². The highest BCUT2D eigenvalue weighted by molar-refractivity contribution is 5.85. The second-order valence-electron chi connectivity index (χ2n) is 12.5. The Bertz CT molecular complexity index is 1240. The van der Waals surface area contributed by atoms with Gasteiger partial charge in [0.15, 0.2) is 0 Å². The molecule has 0 amide bonds. The summed E-state index contributed by atoms with van der Waals surface area (Å²) in [6, 6.07) is 19.0. The molecule has 36 heavy (non-hydrogen) atoms. The Morgan fingerprint density at radius 1 is 1.08 bits per heavy atom. The molecular weight excluding hydrogens is 449 g/mol. The quantitative estimate of drug-likeness (QED) is 0.347. The van der Waals surface area contributed by atoms with Crippen LogP contribution in [0.5, 0.6) is 0 Å². The zero-order chi connectivity index (χ0) is 24.5. The van der Waals surface area contributed by atoms with Gasteiger partial charge in [0.1, 0.15) is 0 Å². The first kappa shape index (κ1) is 22.8. The molecule has 0 radical (unpaired) electrons. The number of alkyl halides is 1. The average Bonchev–Trinajstić information content (AvgIpc) is 3.18. The molecule has 4 fully saturated rings. The zero-order valence-corrected chi connectivity index (χ0v) is 21.3. The third-order valence-electron chi connectivity index (χ3n) is 9.95. The maximum Gasteiger partial charge on any atom is 0.0894 e. The van der Waals surface area contributed by atoms with E-state index in [4.69, 9.17) is 0 Å². The van der Waals surface area contributed by atoms with Crippen molar-refractivity contribution in [2.45, 2.75) is 82.0 Å². The molecule has 3 N–H and O–H groups in total. The van der Waals surface area contributed by atoms with Crippen molar-refractivity contribution in [1.29, 1.82) is 0 Å². The summed E-state index contributed by atoms with van der Waals surface area (Å²) in [5.41, 5.74) is 6.99. The minimum atomic E-state index is -0.187. The number of nitrogens with one attached hydrogen (secondary N) is 2. The lowest BCUT2D eigenvalue weighted by Gasteiger charge is -2.76. The SMILES string of the molecule is C[C@@H]1Cc2c([nH]c3ccccc23)[C@@H](c2ccc(NC3CC(CCCF)C3)cc2)N1C12CC(CO)(C1)C2. The molecular formula is C31H38FN3O. The molecule has 2 heterocycles. The number of anilines is 1. The largest absolute Gasteiger partial charge is 0.396 e. The van der Waals surface area contributed by atoms with E-state index in [0.717, 1.165) is 44.9 Å². The molecule has 4 saturated carbocycles. The Kier molecular flexibility index (Phi) is 5.27. The Hall–Kier alpha value is -2.37. The lowest BCUT2D eigenvalue weighted by Crippen LogP contribution is -2.77. The number of para-hydroxylation sites is 1. The normalized spacial score (nSPS) is 35.0. The van der Waals surface area contributed by atoms with Crippen LogP contribution < -0.4 is 5.32 Å². The molecule has 2 bridgehead atoms. The fourth-order valence-electron chi connectivity index (χ4n) is 8.36. The van der Waals surface area contributed by atoms with E-state index in [1.807, 2.05) is 0 Å². The molecule has 0 spiro atoms. The van der Waals surface area contributed by atoms with Gasteiger partial charge in [-0.25, -0.2) is 0 Å². The highest BCUT2D eigenvalue weighted by atomic mass is 19.1. The van der Waals surface area contributed by atoms with E-state index in [9.17, 15) is 9.50 Å². The Morgan fingerprint density at radius 3 is 2.56 bits per heavy atom. The van der Waals surface area contributed by atoms with Gasteiger partial charge in [-0.2, -0.15) is 0 Å². The maximum absolute atomic E-state index is 12.5. The highest BCUT2D eigenvalue weighted by Gasteiger charge is 2.71. The molecule has 1 aliphatic heterocycles. The van der Waals surface area contributed by atoms with Crippen LogP contribution in [-0.4, -0.2) is 45.9 Å². The fourth-order valence-corrected chi connectivity index (χ4v) is 8.36. The van der Waals surface area contributed by atoms with Gasteiger partial charge >= 0.3 is 0 Å². The van der Waals surface area contributed by atoms with Crippen molar-refractivity contribution in [3.05, 3.63) is 65.4 Å². The number of benzene rings is 2. The van der Waals surface area contributed by atoms with Crippen molar-refractivity contribution in [3.8, 4) is 0 Å². The van der Waals surface area contributed by atoms with Gasteiger partial charge < -0.3 is 15.4 Å². The van der Waals surface area contributed by atoms with Crippen LogP contribution >= 0.6 is 0 Å². The second-order valence-corrected chi connectivity index (χ2v) is 12.5. The van der Waals surface area contributed by atoms with Gasteiger partial charge in [-0.1, -0.05) is 30.3 Å². The van der Waals surface area contributed by atoms with E-state index < -0.39 is 0 Å². The predicted molar refractivity (Wildman–Crippen MR) is 143 cm³/mol. The number of rotatable bonds is 8. The van der Waals surface area contributed by atoms with E-state index in [1.165, 1.54) is 33.4 Å². The lowest BCUT2D eigenvalue weighted by atomic mass is 9.38. The molecule has 0 unspecified atom stereocenters. The summed E-state index contributed by atoms with van der Waals surface area (Å²) in [7, 11) is 0. The van der Waals surface area contributed by atoms with E-state index in [-0.39, 0.29) is 23.7 Å². The Morgan fingerprint density at radius 2 is 1.83 bits per heavy atom. The summed E-state index contributed by atoms with van der Waals surface area (Å²) in [5, 5.41) is 15.0. The summed E-state index contributed by atoms with van der Waals surface area (Å²) in [5.74, 6) is 0.686. The zero-order valence-electron chi connectivity index (χ0n) is 21.3. The van der Waals surface area contributed by atoms with Crippen molar-refractivity contribution < 1.29 is 9.50 Å². The molecule has 4 aliphatic carbocycles. The molecule has 4 nitrogen and oxygen atoms in total. The first-order chi connectivity index (χ1) is 17.5. The number of nitrogens with zero attached hydrogens (tertiary/aromatic N) is 1. The summed E-state index contributed by atoms with van der Waals surface area (Å²) in [6.45, 7) is 2.54. The van der Waals surface area contributed by atoms with Crippen LogP contribution in [-0.2, 0) is 6.42 Å². The van der Waals surface area contributed by atoms with Crippen LogP contribution in [0, 0.1) is 11.3 Å². The molecule has 190 valence electrons. The standard InChI is InChI=1S/C31H38FN3O/c1-20-13-26-25-6-2-3-7-27(25)34-28(26)29(35(20)31-16-30(17-31,18-31)19-36)22-8-10-23(11-9-22)33-24-14-21(15-24)5-4-12-32/h2-3,6-11,20-21,24,29,33-34,36H,4-5,12-19H2,1H3/t20-,21?,24?,29-,30?,31?/m1/s1. The van der Waals surface area contributed by atoms with E-state index in [0.29, 0.717) is 31.0 Å². The van der Waals surface area contributed by atoms with E-state index in [1.54, 1.807) is 0 Å². The van der Waals surface area contributed by atoms with Crippen LogP contribution in [0.15, 0.2) is 48.5 Å². The van der Waals surface area contributed by atoms with Crippen LogP contribution in [0.2, 0.25) is 0 Å². The second kappa shape index (κ2) is 8.32. The van der Waals surface area contributed by atoms with E-state index >= 15 is 0 Å². The van der Waals surface area contributed by atoms with Gasteiger partial charge in [-0.05, 0) is 98.9 Å². The lowest BCUT2D eigenvalue weighted by molar-refractivity contribution is -0.254. The van der Waals surface area contributed by atoms with Crippen molar-refractivity contribution >= 4 is 16.6 Å². The molecule has 2 atom stereocenters. The Labute approximate surface area is 213 Å². The molecule has 5 aliphatic rings.